The Bertz CT molecular complexity index is 2390. The van der Waals surface area contributed by atoms with E-state index >= 15 is 0 Å². The van der Waals surface area contributed by atoms with Gasteiger partial charge in [-0.3, -0.25) is 0 Å². The third kappa shape index (κ3) is 4.81. The van der Waals surface area contributed by atoms with Gasteiger partial charge in [0.25, 0.3) is 0 Å². The van der Waals surface area contributed by atoms with Crippen molar-refractivity contribution in [2.24, 2.45) is 0 Å². The lowest BCUT2D eigenvalue weighted by Crippen LogP contribution is -2.00. The van der Waals surface area contributed by atoms with Crippen molar-refractivity contribution in [2.75, 3.05) is 0 Å². The lowest BCUT2D eigenvalue weighted by Gasteiger charge is -2.10. The molecule has 45 heavy (non-hydrogen) atoms. The van der Waals surface area contributed by atoms with E-state index in [9.17, 15) is 5.26 Å². The zero-order chi connectivity index (χ0) is 30.2. The monoisotopic (exact) mass is 576 g/mol. The minimum atomic E-state index is 0.547. The van der Waals surface area contributed by atoms with Crippen molar-refractivity contribution in [2.45, 2.75) is 0 Å². The van der Waals surface area contributed by atoms with Crippen molar-refractivity contribution in [1.82, 2.24) is 15.0 Å². The molecule has 210 valence electrons. The fourth-order valence-electron chi connectivity index (χ4n) is 5.83. The van der Waals surface area contributed by atoms with Crippen LogP contribution in [0.3, 0.4) is 0 Å². The number of nitrogens with zero attached hydrogens (tertiary/aromatic N) is 4. The molecule has 0 spiro atoms. The summed E-state index contributed by atoms with van der Waals surface area (Å²) < 4.78 is 6.40. The zero-order valence-corrected chi connectivity index (χ0v) is 24.1. The fraction of sp³-hybridized carbons (Fsp3) is 0. The van der Waals surface area contributed by atoms with Crippen LogP contribution >= 0.6 is 0 Å². The van der Waals surface area contributed by atoms with E-state index in [4.69, 9.17) is 19.4 Å². The highest BCUT2D eigenvalue weighted by molar-refractivity contribution is 6.13. The molecular formula is C40H24N4O. The average molecular weight is 577 g/mol. The van der Waals surface area contributed by atoms with Crippen LogP contribution in [0.5, 0.6) is 0 Å². The van der Waals surface area contributed by atoms with Crippen LogP contribution in [0.1, 0.15) is 5.56 Å². The summed E-state index contributed by atoms with van der Waals surface area (Å²) in [6.07, 6.45) is 0. The molecule has 0 atom stereocenters. The Hall–Kier alpha value is -6.38. The molecule has 5 heteroatoms. The Labute approximate surface area is 259 Å². The van der Waals surface area contributed by atoms with Gasteiger partial charge in [0, 0.05) is 27.5 Å². The third-order valence-corrected chi connectivity index (χ3v) is 7.99. The van der Waals surface area contributed by atoms with Crippen molar-refractivity contribution >= 4 is 21.9 Å². The topological polar surface area (TPSA) is 75.6 Å². The Morgan fingerprint density at radius 1 is 0.444 bits per heavy atom. The number of hydrogen-bond acceptors (Lipinski definition) is 5. The molecule has 0 unspecified atom stereocenters. The number of aromatic nitrogens is 3. The molecule has 2 heterocycles. The summed E-state index contributed by atoms with van der Waals surface area (Å²) in [7, 11) is 0. The lowest BCUT2D eigenvalue weighted by atomic mass is 9.98. The van der Waals surface area contributed by atoms with Gasteiger partial charge in [-0.15, -0.1) is 0 Å². The van der Waals surface area contributed by atoms with E-state index in [1.54, 1.807) is 0 Å². The second-order valence-electron chi connectivity index (χ2n) is 10.8. The minimum Gasteiger partial charge on any atom is -0.456 e. The summed E-state index contributed by atoms with van der Waals surface area (Å²) in [5.74, 6) is 1.67. The molecule has 8 rings (SSSR count). The van der Waals surface area contributed by atoms with Crippen molar-refractivity contribution in [1.29, 1.82) is 5.26 Å². The predicted octanol–water partition coefficient (Wildman–Crippen LogP) is 9.98. The molecule has 5 nitrogen and oxygen atoms in total. The first kappa shape index (κ1) is 26.3. The molecule has 0 radical (unpaired) electrons. The van der Waals surface area contributed by atoms with Gasteiger partial charge in [0.1, 0.15) is 11.2 Å². The van der Waals surface area contributed by atoms with E-state index in [2.05, 4.69) is 42.5 Å². The first-order chi connectivity index (χ1) is 22.2. The lowest BCUT2D eigenvalue weighted by molar-refractivity contribution is 0.669. The number of hydrogen-bond donors (Lipinski definition) is 0. The van der Waals surface area contributed by atoms with Gasteiger partial charge in [-0.1, -0.05) is 115 Å². The van der Waals surface area contributed by atoms with Gasteiger partial charge >= 0.3 is 0 Å². The average Bonchev–Trinajstić information content (AvgIpc) is 3.50. The summed E-state index contributed by atoms with van der Waals surface area (Å²) in [4.78, 5) is 14.8. The van der Waals surface area contributed by atoms with E-state index in [0.29, 0.717) is 23.0 Å². The SMILES string of the molecule is N#Cc1ccccc1-c1cccc(-c2nc(-c3ccccc3)nc(-c3ccc4c(c3)oc3cccc(-c5ccccc5)c34)n2)c1. The van der Waals surface area contributed by atoms with Gasteiger partial charge in [-0.05, 0) is 52.6 Å². The maximum absolute atomic E-state index is 9.70. The van der Waals surface area contributed by atoms with Crippen LogP contribution in [-0.4, -0.2) is 15.0 Å². The summed E-state index contributed by atoms with van der Waals surface area (Å²) in [6, 6.07) is 50.5. The highest BCUT2D eigenvalue weighted by Crippen LogP contribution is 2.38. The van der Waals surface area contributed by atoms with Crippen LogP contribution in [0.25, 0.3) is 78.4 Å². The quantitative estimate of drug-likeness (QED) is 0.204. The van der Waals surface area contributed by atoms with E-state index in [1.807, 2.05) is 109 Å². The largest absolute Gasteiger partial charge is 0.456 e. The molecule has 0 N–H and O–H groups in total. The fourth-order valence-corrected chi connectivity index (χ4v) is 5.83. The summed E-state index contributed by atoms with van der Waals surface area (Å²) in [6.45, 7) is 0. The molecule has 8 aromatic rings. The summed E-state index contributed by atoms with van der Waals surface area (Å²) >= 11 is 0. The van der Waals surface area contributed by atoms with E-state index in [-0.39, 0.29) is 0 Å². The molecule has 0 saturated heterocycles. The maximum atomic E-state index is 9.70. The Morgan fingerprint density at radius 3 is 1.78 bits per heavy atom. The maximum Gasteiger partial charge on any atom is 0.164 e. The number of furan rings is 1. The number of fused-ring (bicyclic) bond motifs is 3. The van der Waals surface area contributed by atoms with Gasteiger partial charge < -0.3 is 4.42 Å². The first-order valence-electron chi connectivity index (χ1n) is 14.7. The van der Waals surface area contributed by atoms with E-state index < -0.39 is 0 Å². The molecule has 0 aliphatic rings. The Balaban J connectivity index is 1.29. The first-order valence-corrected chi connectivity index (χ1v) is 14.7. The van der Waals surface area contributed by atoms with Crippen molar-refractivity contribution < 1.29 is 4.42 Å². The third-order valence-electron chi connectivity index (χ3n) is 7.99. The van der Waals surface area contributed by atoms with E-state index in [1.165, 1.54) is 0 Å². The number of nitriles is 1. The van der Waals surface area contributed by atoms with Crippen LogP contribution in [0.15, 0.2) is 150 Å². The van der Waals surface area contributed by atoms with Crippen LogP contribution < -0.4 is 0 Å². The molecule has 2 aromatic heterocycles. The molecule has 0 aliphatic heterocycles. The summed E-state index contributed by atoms with van der Waals surface area (Å²) in [5, 5.41) is 11.8. The highest BCUT2D eigenvalue weighted by Gasteiger charge is 2.17. The molecular weight excluding hydrogens is 552 g/mol. The van der Waals surface area contributed by atoms with Gasteiger partial charge in [0.15, 0.2) is 17.5 Å². The van der Waals surface area contributed by atoms with Crippen molar-refractivity contribution in [3.8, 4) is 62.5 Å². The van der Waals surface area contributed by atoms with Crippen LogP contribution in [0.2, 0.25) is 0 Å². The van der Waals surface area contributed by atoms with E-state index in [0.717, 1.165) is 60.9 Å². The Morgan fingerprint density at radius 2 is 1.02 bits per heavy atom. The van der Waals surface area contributed by atoms with Crippen molar-refractivity contribution in [3.05, 3.63) is 151 Å². The molecule has 0 bridgehead atoms. The van der Waals surface area contributed by atoms with Crippen LogP contribution in [0, 0.1) is 11.3 Å². The Kier molecular flexibility index (Phi) is 6.44. The molecule has 0 aliphatic carbocycles. The van der Waals surface area contributed by atoms with Gasteiger partial charge in [0.05, 0.1) is 11.6 Å². The van der Waals surface area contributed by atoms with Gasteiger partial charge in [0.2, 0.25) is 0 Å². The molecule has 0 saturated carbocycles. The highest BCUT2D eigenvalue weighted by atomic mass is 16.3. The normalized spacial score (nSPS) is 11.1. The number of benzene rings is 6. The van der Waals surface area contributed by atoms with Crippen molar-refractivity contribution in [3.63, 3.8) is 0 Å². The molecule has 0 fully saturated rings. The smallest absolute Gasteiger partial charge is 0.164 e. The summed E-state index contributed by atoms with van der Waals surface area (Å²) in [5.41, 5.74) is 8.83. The molecule has 6 aromatic carbocycles. The minimum absolute atomic E-state index is 0.547. The van der Waals surface area contributed by atoms with Crippen LogP contribution in [0.4, 0.5) is 0 Å². The van der Waals surface area contributed by atoms with Crippen LogP contribution in [-0.2, 0) is 0 Å². The number of rotatable bonds is 5. The molecule has 0 amide bonds. The van der Waals surface area contributed by atoms with Gasteiger partial charge in [-0.25, -0.2) is 15.0 Å². The zero-order valence-electron chi connectivity index (χ0n) is 24.1. The predicted molar refractivity (Wildman–Crippen MR) is 179 cm³/mol. The second kappa shape index (κ2) is 11.0. The second-order valence-corrected chi connectivity index (χ2v) is 10.8. The standard InChI is InChI=1S/C40H24N4O/c41-25-31-15-7-8-18-32(31)28-16-9-17-29(23-28)39-42-38(27-13-5-2-6-14-27)43-40(44-39)30-21-22-34-36(24-30)45-35-20-10-19-33(37(34)35)26-11-3-1-4-12-26/h1-24H. The van der Waals surface area contributed by atoms with Gasteiger partial charge in [-0.2, -0.15) is 5.26 Å².